The van der Waals surface area contributed by atoms with Gasteiger partial charge in [-0.2, -0.15) is 4.99 Å². The number of para-hydroxylation sites is 2. The Balaban J connectivity index is 0.000000641. The molecule has 5 N–H and O–H groups in total. The van der Waals surface area contributed by atoms with E-state index in [-0.39, 0.29) is 127 Å². The second kappa shape index (κ2) is 62.2. The van der Waals surface area contributed by atoms with Crippen molar-refractivity contribution in [1.82, 2.24) is 16.0 Å². The third-order valence-electron chi connectivity index (χ3n) is 20.4. The zero-order valence-electron chi connectivity index (χ0n) is 80.8. The summed E-state index contributed by atoms with van der Waals surface area (Å²) in [5, 5.41) is 22.9. The van der Waals surface area contributed by atoms with Crippen LogP contribution in [0.4, 0.5) is 16.2 Å². The van der Waals surface area contributed by atoms with E-state index >= 15 is 0 Å². The second-order valence-corrected chi connectivity index (χ2v) is 37.8. The molecule has 0 fully saturated rings. The van der Waals surface area contributed by atoms with Gasteiger partial charge in [-0.15, -0.1) is 0 Å². The number of nitrogens with zero attached hydrogens (tertiary/aromatic N) is 1. The number of nitrogens with one attached hydrogen (secondary N) is 4. The normalized spacial score (nSPS) is 18.2. The highest BCUT2D eigenvalue weighted by Gasteiger charge is 2.35. The lowest BCUT2D eigenvalue weighted by Crippen LogP contribution is -2.48. The number of aliphatic hydroxyl groups excluding tert-OH is 1. The molecule has 25 heteroatoms. The lowest BCUT2D eigenvalue weighted by molar-refractivity contribution is -0.148. The first-order valence-corrected chi connectivity index (χ1v) is 45.6. The van der Waals surface area contributed by atoms with Crippen LogP contribution in [-0.2, 0) is 71.7 Å². The number of anilines is 1. The van der Waals surface area contributed by atoms with Crippen molar-refractivity contribution >= 4 is 117 Å². The number of aliphatic hydroxyl groups is 1. The quantitative estimate of drug-likeness (QED) is 0.00784. The number of halogens is 3. The fourth-order valence-electron chi connectivity index (χ4n) is 12.9. The molecule has 2 aromatic carbocycles. The third kappa shape index (κ3) is 52.1. The van der Waals surface area contributed by atoms with Gasteiger partial charge in [0.25, 0.3) is 0 Å². The summed E-state index contributed by atoms with van der Waals surface area (Å²) in [6.07, 6.45) is 51.2. The van der Waals surface area contributed by atoms with E-state index in [0.717, 1.165) is 16.7 Å². The molecular weight excluding hydrogens is 1730 g/mol. The SMILES string of the molecule is CC1=CC[C@@H]([C@@H](C)/C=C(C)/C=C\C=C/C(=O)N[C@H](C(=O)C/C=C\CC(=O)C/C=C(\C)Cl)C(C)(C)C)OC1=O.CC1=CC[C@@H]([C@@H](C)/C=C(C)/C=C\C=C/C(=O)N[C@H](C(=O)C/C=C\C[C@@H](O)C/C=C(\C)Cl)C(C)(C)C)OC1=O.CC1=CC[C@@H]([C@@H](C)/C=C(C)/C=C\C=C/C(=O)N[C@H](C(=O)C/C=C\C[C@H](C/C=C(\C)Cl)OC(=O)Nc2ccccc2)C(C)(C)C)OC1=O.O=C=Nc1ccccc1. The second-order valence-electron chi connectivity index (χ2n) is 36.0. The zero-order chi connectivity index (χ0) is 99.3. The summed E-state index contributed by atoms with van der Waals surface area (Å²) >= 11 is 17.5. The number of cyclic esters (lactones) is 3. The molecule has 11 atom stereocenters. The van der Waals surface area contributed by atoms with Crippen molar-refractivity contribution in [1.29, 1.82) is 0 Å². The molecule has 4 amide bonds. The van der Waals surface area contributed by atoms with E-state index in [2.05, 4.69) is 26.3 Å². The van der Waals surface area contributed by atoms with Crippen LogP contribution in [0.5, 0.6) is 0 Å². The first-order chi connectivity index (χ1) is 62.0. The highest BCUT2D eigenvalue weighted by molar-refractivity contribution is 6.29. The Morgan fingerprint density at radius 3 is 1.12 bits per heavy atom. The minimum absolute atomic E-state index is 0.0109. The monoisotopic (exact) mass is 1870 g/mol. The summed E-state index contributed by atoms with van der Waals surface area (Å²) in [5.74, 6) is -2.11. The van der Waals surface area contributed by atoms with E-state index in [0.29, 0.717) is 88.1 Å². The predicted octanol–water partition coefficient (Wildman–Crippen LogP) is 22.9. The van der Waals surface area contributed by atoms with Crippen molar-refractivity contribution in [3.05, 3.63) is 273 Å². The van der Waals surface area contributed by atoms with Crippen molar-refractivity contribution < 1.29 is 81.6 Å². The summed E-state index contributed by atoms with van der Waals surface area (Å²) in [7, 11) is 0. The Bertz CT molecular complexity index is 4810. The zero-order valence-corrected chi connectivity index (χ0v) is 83.0. The van der Waals surface area contributed by atoms with Gasteiger partial charge in [0, 0.05) is 138 Å². The number of hydrogen-bond acceptors (Lipinski definition) is 18. The maximum Gasteiger partial charge on any atom is 0.411 e. The van der Waals surface area contributed by atoms with Crippen molar-refractivity contribution in [2.24, 2.45) is 39.0 Å². The maximum absolute atomic E-state index is 13.2. The number of ether oxygens (including phenoxy) is 4. The standard InChI is InChI=1S/C38H49ClN2O6.C31H44ClNO5.C31H42ClNO5.C7H5NO/c1-26(25-28(3)33-24-21-27(2)36(44)47-33)15-11-14-20-34(43)41-35(38(5,6)7)32(42)19-13-12-18-31(23-22-29(4)39)46-37(45)40-30-16-9-8-10-17-30;2*1-21(20-23(3)27-19-16-22(2)30(37)38-27)12-8-11-15-28(36)33-29(31(5,6)7)26(35)14-10-9-13-25(34)18-17-24(4)32;9-6-8-7-4-2-1-3-5-7/h8-17,20-22,25,28,31,33,35H,18-19,23-24H2,1-7H3,(H,40,45)(H,41,43);8-12,15-17,20,23,25,27,29,34H,13-14,18-19H2,1-7H3,(H,33,36);8-12,15-17,20,23,27,29H,13-14,18-19H2,1-7H3,(H,33,36);1-5H/b13-12-,15-11-,20-14-,26-25+,29-22+;2*10-9-,12-8-,15-11-,21-20+,24-17+;/t28-,31+,33-,35+;23-,25+,27-,29+;23-,27-,29+;/m000./s1. The van der Waals surface area contributed by atoms with E-state index < -0.39 is 52.7 Å². The number of hydrogen-bond donors (Lipinski definition) is 5. The van der Waals surface area contributed by atoms with E-state index in [9.17, 15) is 62.6 Å². The van der Waals surface area contributed by atoms with Crippen LogP contribution in [0.2, 0.25) is 0 Å². The van der Waals surface area contributed by atoms with Crippen molar-refractivity contribution in [2.45, 2.75) is 271 Å². The fourth-order valence-corrected chi connectivity index (χ4v) is 13.1. The van der Waals surface area contributed by atoms with Crippen LogP contribution in [0, 0.1) is 34.0 Å². The number of benzene rings is 2. The molecule has 0 aromatic heterocycles. The van der Waals surface area contributed by atoms with Gasteiger partial charge >= 0.3 is 24.0 Å². The Morgan fingerprint density at radius 1 is 0.455 bits per heavy atom. The molecule has 0 unspecified atom stereocenters. The molecule has 132 heavy (non-hydrogen) atoms. The van der Waals surface area contributed by atoms with Crippen molar-refractivity contribution in [3.63, 3.8) is 0 Å². The molecule has 3 aliphatic heterocycles. The van der Waals surface area contributed by atoms with Crippen LogP contribution >= 0.6 is 34.8 Å². The molecular formula is C107H140Cl3N5O17. The largest absolute Gasteiger partial charge is 0.458 e. The number of esters is 3. The lowest BCUT2D eigenvalue weighted by Gasteiger charge is -2.29. The van der Waals surface area contributed by atoms with Crippen LogP contribution in [0.15, 0.2) is 278 Å². The average Bonchev–Trinajstić information content (AvgIpc) is 0.838. The number of carbonyl (C=O) groups is 11. The molecule has 5 rings (SSSR count). The summed E-state index contributed by atoms with van der Waals surface area (Å²) in [5.41, 5.74) is 4.67. The number of carbonyl (C=O) groups excluding carboxylic acids is 12. The van der Waals surface area contributed by atoms with Gasteiger partial charge in [0.05, 0.1) is 29.9 Å². The average molecular weight is 1870 g/mol. The molecule has 0 aliphatic carbocycles. The van der Waals surface area contributed by atoms with E-state index in [1.807, 2.05) is 195 Å². The molecule has 2 aromatic rings. The van der Waals surface area contributed by atoms with Gasteiger partial charge in [-0.3, -0.25) is 38.9 Å². The Kier molecular flexibility index (Phi) is 55.0. The first kappa shape index (κ1) is 117. The maximum atomic E-state index is 13.2. The number of aliphatic imine (C=N–C) groups is 1. The summed E-state index contributed by atoms with van der Waals surface area (Å²) in [6.45, 7) is 39.4. The third-order valence-corrected chi connectivity index (χ3v) is 20.9. The van der Waals surface area contributed by atoms with Gasteiger partial charge in [-0.25, -0.2) is 24.0 Å². The van der Waals surface area contributed by atoms with Gasteiger partial charge in [-0.1, -0.05) is 317 Å². The highest BCUT2D eigenvalue weighted by Crippen LogP contribution is 2.29. The molecule has 0 saturated heterocycles. The Hall–Kier alpha value is -11.3. The molecule has 3 heterocycles. The molecule has 0 saturated carbocycles. The fraction of sp³-hybridized carbons (Fsp3) is 0.439. The minimum Gasteiger partial charge on any atom is -0.458 e. The highest BCUT2D eigenvalue weighted by atomic mass is 35.5. The van der Waals surface area contributed by atoms with Crippen molar-refractivity contribution in [2.75, 3.05) is 5.32 Å². The number of rotatable bonds is 42. The molecule has 22 nitrogen and oxygen atoms in total. The van der Waals surface area contributed by atoms with Gasteiger partial charge in [0.1, 0.15) is 30.2 Å². The van der Waals surface area contributed by atoms with Crippen LogP contribution in [-0.4, -0.2) is 125 Å². The molecule has 716 valence electrons. The summed E-state index contributed by atoms with van der Waals surface area (Å²) in [6, 6.07) is 15.9. The van der Waals surface area contributed by atoms with Gasteiger partial charge < -0.3 is 40.0 Å². The van der Waals surface area contributed by atoms with Crippen LogP contribution in [0.3, 0.4) is 0 Å². The number of ketones is 4. The van der Waals surface area contributed by atoms with Crippen LogP contribution in [0.1, 0.15) is 222 Å². The van der Waals surface area contributed by atoms with Gasteiger partial charge in [0.2, 0.25) is 23.8 Å². The van der Waals surface area contributed by atoms with E-state index in [1.54, 1.807) is 157 Å². The van der Waals surface area contributed by atoms with E-state index in [1.165, 1.54) is 24.3 Å². The number of amides is 4. The molecule has 3 aliphatic rings. The smallest absolute Gasteiger partial charge is 0.411 e. The Morgan fingerprint density at radius 2 is 0.780 bits per heavy atom. The predicted molar refractivity (Wildman–Crippen MR) is 531 cm³/mol. The topological polar surface area (TPSA) is 322 Å². The summed E-state index contributed by atoms with van der Waals surface area (Å²) < 4.78 is 22.0. The van der Waals surface area contributed by atoms with Crippen LogP contribution < -0.4 is 21.3 Å². The number of allylic oxidation sites excluding steroid dienone is 20. The Labute approximate surface area is 798 Å². The molecule has 0 radical (unpaired) electrons. The van der Waals surface area contributed by atoms with Crippen LogP contribution in [0.25, 0.3) is 0 Å². The van der Waals surface area contributed by atoms with E-state index in [4.69, 9.17) is 53.8 Å². The molecule has 0 bridgehead atoms. The van der Waals surface area contributed by atoms with Gasteiger partial charge in [0.15, 0.2) is 17.3 Å². The van der Waals surface area contributed by atoms with Gasteiger partial charge in [-0.05, 0) is 116 Å². The van der Waals surface area contributed by atoms with Crippen molar-refractivity contribution in [3.8, 4) is 0 Å². The first-order valence-electron chi connectivity index (χ1n) is 44.5. The minimum atomic E-state index is -0.711. The molecule has 0 spiro atoms. The lowest BCUT2D eigenvalue weighted by atomic mass is 9.83. The number of Topliss-reactive ketones (excluding diaryl/α,β-unsaturated/α-hetero) is 4. The summed E-state index contributed by atoms with van der Waals surface area (Å²) in [4.78, 5) is 149. The number of isocyanates is 1.